The van der Waals surface area contributed by atoms with Gasteiger partial charge in [-0.1, -0.05) is 13.8 Å². The predicted octanol–water partition coefficient (Wildman–Crippen LogP) is 2.09. The number of anilines is 2. The van der Waals surface area contributed by atoms with E-state index >= 15 is 0 Å². The van der Waals surface area contributed by atoms with E-state index in [2.05, 4.69) is 18.7 Å². The molecule has 104 valence electrons. The molecule has 1 aromatic rings. The topological polar surface area (TPSA) is 72.3 Å². The van der Waals surface area contributed by atoms with Gasteiger partial charge in [0.2, 0.25) is 0 Å². The second kappa shape index (κ2) is 5.33. The van der Waals surface area contributed by atoms with Crippen LogP contribution < -0.4 is 16.4 Å². The molecular weight excluding hydrogens is 258 g/mol. The van der Waals surface area contributed by atoms with Gasteiger partial charge in [-0.05, 0) is 24.6 Å². The lowest BCUT2D eigenvalue weighted by atomic mass is 10.1. The number of nitrogens with two attached hydrogens (primary N) is 2. The monoisotopic (exact) mass is 279 g/mol. The minimum absolute atomic E-state index is 0.280. The van der Waals surface area contributed by atoms with Crippen LogP contribution in [0.25, 0.3) is 0 Å². The molecular formula is C14H21N3OS. The Hall–Kier alpha value is -1.36. The number of benzene rings is 1. The summed E-state index contributed by atoms with van der Waals surface area (Å²) < 4.78 is 0.280. The maximum absolute atomic E-state index is 11.5. The standard InChI is InChI=1S/C14H21N3OS/c1-14(2)5-6-17(7-8-19-14)12-9-10(15)3-4-11(12)13(16)18/h3-4,9H,5-8,15H2,1-2H3,(H2,16,18). The van der Waals surface area contributed by atoms with Gasteiger partial charge in [-0.15, -0.1) is 0 Å². The average molecular weight is 279 g/mol. The van der Waals surface area contributed by atoms with Crippen molar-refractivity contribution in [1.29, 1.82) is 0 Å². The summed E-state index contributed by atoms with van der Waals surface area (Å²) in [7, 11) is 0. The number of hydrogen-bond acceptors (Lipinski definition) is 4. The van der Waals surface area contributed by atoms with E-state index in [1.165, 1.54) is 0 Å². The number of amides is 1. The van der Waals surface area contributed by atoms with Crippen molar-refractivity contribution >= 4 is 29.0 Å². The number of carbonyl (C=O) groups excluding carboxylic acids is 1. The molecule has 1 aliphatic heterocycles. The van der Waals surface area contributed by atoms with E-state index in [1.54, 1.807) is 12.1 Å². The van der Waals surface area contributed by atoms with Gasteiger partial charge in [0.1, 0.15) is 0 Å². The molecule has 0 aromatic heterocycles. The number of primary amides is 1. The average Bonchev–Trinajstić information content (AvgIpc) is 2.49. The number of thioether (sulfide) groups is 1. The molecule has 1 saturated heterocycles. The Balaban J connectivity index is 2.30. The summed E-state index contributed by atoms with van der Waals surface area (Å²) in [4.78, 5) is 13.8. The number of nitrogen functional groups attached to an aromatic ring is 1. The van der Waals surface area contributed by atoms with Gasteiger partial charge < -0.3 is 16.4 Å². The van der Waals surface area contributed by atoms with E-state index < -0.39 is 5.91 Å². The third-order valence-corrected chi connectivity index (χ3v) is 4.84. The first-order valence-corrected chi connectivity index (χ1v) is 7.46. The van der Waals surface area contributed by atoms with Gasteiger partial charge in [-0.25, -0.2) is 0 Å². The van der Waals surface area contributed by atoms with Gasteiger partial charge in [0.25, 0.3) is 5.91 Å². The number of hydrogen-bond donors (Lipinski definition) is 2. The van der Waals surface area contributed by atoms with Crippen molar-refractivity contribution in [1.82, 2.24) is 0 Å². The molecule has 4 nitrogen and oxygen atoms in total. The molecule has 0 atom stereocenters. The lowest BCUT2D eigenvalue weighted by molar-refractivity contribution is 0.100. The fraction of sp³-hybridized carbons (Fsp3) is 0.500. The minimum atomic E-state index is -0.397. The van der Waals surface area contributed by atoms with Crippen LogP contribution in [-0.2, 0) is 0 Å². The quantitative estimate of drug-likeness (QED) is 0.813. The molecule has 1 aromatic carbocycles. The van der Waals surface area contributed by atoms with Crippen LogP contribution in [0.5, 0.6) is 0 Å². The molecule has 0 bridgehead atoms. The highest BCUT2D eigenvalue weighted by Gasteiger charge is 2.25. The molecule has 0 spiro atoms. The molecule has 4 N–H and O–H groups in total. The highest BCUT2D eigenvalue weighted by Crippen LogP contribution is 2.33. The molecule has 1 aliphatic rings. The lowest BCUT2D eigenvalue weighted by Crippen LogP contribution is -2.29. The van der Waals surface area contributed by atoms with Crippen molar-refractivity contribution < 1.29 is 4.79 Å². The molecule has 0 aliphatic carbocycles. The molecule has 1 heterocycles. The van der Waals surface area contributed by atoms with E-state index in [-0.39, 0.29) is 4.75 Å². The SMILES string of the molecule is CC1(C)CCN(c2cc(N)ccc2C(N)=O)CCS1. The maximum atomic E-state index is 11.5. The largest absolute Gasteiger partial charge is 0.399 e. The zero-order valence-corrected chi connectivity index (χ0v) is 12.3. The van der Waals surface area contributed by atoms with Crippen LogP contribution in [-0.4, -0.2) is 29.5 Å². The predicted molar refractivity (Wildman–Crippen MR) is 82.7 cm³/mol. The van der Waals surface area contributed by atoms with Crippen molar-refractivity contribution in [2.45, 2.75) is 25.0 Å². The zero-order valence-electron chi connectivity index (χ0n) is 11.5. The van der Waals surface area contributed by atoms with E-state index in [4.69, 9.17) is 11.5 Å². The van der Waals surface area contributed by atoms with Gasteiger partial charge in [0.05, 0.1) is 11.3 Å². The highest BCUT2D eigenvalue weighted by molar-refractivity contribution is 8.00. The molecule has 19 heavy (non-hydrogen) atoms. The van der Waals surface area contributed by atoms with E-state index in [0.29, 0.717) is 11.3 Å². The molecule has 0 unspecified atom stereocenters. The minimum Gasteiger partial charge on any atom is -0.399 e. The zero-order chi connectivity index (χ0) is 14.0. The summed E-state index contributed by atoms with van der Waals surface area (Å²) in [6, 6.07) is 5.29. The fourth-order valence-electron chi connectivity index (χ4n) is 2.28. The number of carbonyl (C=O) groups is 1. The Kier molecular flexibility index (Phi) is 3.94. The van der Waals surface area contributed by atoms with Crippen molar-refractivity contribution in [3.05, 3.63) is 23.8 Å². The van der Waals surface area contributed by atoms with Crippen molar-refractivity contribution in [2.75, 3.05) is 29.5 Å². The normalized spacial score (nSPS) is 18.9. The Morgan fingerprint density at radius 2 is 2.11 bits per heavy atom. The van der Waals surface area contributed by atoms with Crippen LogP contribution in [0.4, 0.5) is 11.4 Å². The van der Waals surface area contributed by atoms with E-state index in [9.17, 15) is 4.79 Å². The van der Waals surface area contributed by atoms with Crippen LogP contribution in [0.1, 0.15) is 30.6 Å². The summed E-state index contributed by atoms with van der Waals surface area (Å²) in [6.45, 7) is 6.35. The first-order chi connectivity index (χ1) is 8.89. The summed E-state index contributed by atoms with van der Waals surface area (Å²) in [5.41, 5.74) is 13.4. The molecule has 0 radical (unpaired) electrons. The second-order valence-electron chi connectivity index (χ2n) is 5.49. The summed E-state index contributed by atoms with van der Waals surface area (Å²) in [5.74, 6) is 0.645. The van der Waals surface area contributed by atoms with Gasteiger partial charge in [0.15, 0.2) is 0 Å². The maximum Gasteiger partial charge on any atom is 0.250 e. The Bertz CT molecular complexity index is 488. The van der Waals surface area contributed by atoms with Gasteiger partial charge in [-0.2, -0.15) is 11.8 Å². The van der Waals surface area contributed by atoms with Crippen LogP contribution in [0.15, 0.2) is 18.2 Å². The lowest BCUT2D eigenvalue weighted by Gasteiger charge is -2.26. The van der Waals surface area contributed by atoms with Crippen LogP contribution in [0, 0.1) is 0 Å². The first-order valence-electron chi connectivity index (χ1n) is 6.47. The third kappa shape index (κ3) is 3.35. The summed E-state index contributed by atoms with van der Waals surface area (Å²) >= 11 is 1.97. The van der Waals surface area contributed by atoms with Crippen molar-refractivity contribution in [3.8, 4) is 0 Å². The Morgan fingerprint density at radius 1 is 1.37 bits per heavy atom. The third-order valence-electron chi connectivity index (χ3n) is 3.47. The van der Waals surface area contributed by atoms with Crippen LogP contribution >= 0.6 is 11.8 Å². The number of rotatable bonds is 2. The molecule has 2 rings (SSSR count). The van der Waals surface area contributed by atoms with Crippen molar-refractivity contribution in [3.63, 3.8) is 0 Å². The molecule has 1 amide bonds. The van der Waals surface area contributed by atoms with Gasteiger partial charge >= 0.3 is 0 Å². The summed E-state index contributed by atoms with van der Waals surface area (Å²) in [6.07, 6.45) is 1.07. The Morgan fingerprint density at radius 3 is 2.79 bits per heavy atom. The number of nitrogens with zero attached hydrogens (tertiary/aromatic N) is 1. The van der Waals surface area contributed by atoms with Gasteiger partial charge in [0, 0.05) is 29.3 Å². The first kappa shape index (κ1) is 14.1. The van der Waals surface area contributed by atoms with E-state index in [1.807, 2.05) is 17.8 Å². The fourth-order valence-corrected chi connectivity index (χ4v) is 3.38. The van der Waals surface area contributed by atoms with E-state index in [0.717, 1.165) is 31.0 Å². The van der Waals surface area contributed by atoms with Crippen molar-refractivity contribution in [2.24, 2.45) is 5.73 Å². The second-order valence-corrected chi connectivity index (χ2v) is 7.29. The van der Waals surface area contributed by atoms with Crippen LogP contribution in [0.2, 0.25) is 0 Å². The molecule has 0 saturated carbocycles. The van der Waals surface area contributed by atoms with Crippen LogP contribution in [0.3, 0.4) is 0 Å². The van der Waals surface area contributed by atoms with Gasteiger partial charge in [-0.3, -0.25) is 4.79 Å². The molecule has 5 heteroatoms. The smallest absolute Gasteiger partial charge is 0.250 e. The Labute approximate surface area is 118 Å². The summed E-state index contributed by atoms with van der Waals surface area (Å²) in [5, 5.41) is 0. The molecule has 1 fully saturated rings. The highest BCUT2D eigenvalue weighted by atomic mass is 32.2.